The topological polar surface area (TPSA) is 88.1 Å². The van der Waals surface area contributed by atoms with Crippen molar-refractivity contribution < 1.29 is 33.3 Å². The number of ether oxygens (including phenoxy) is 4. The minimum atomic E-state index is -0.165. The SMILES string of the molecule is CCCCCC=CCC=CCCCCCCCC(=O)OCCCOc1cc(C=O)cc(OCCCOC(=O)CCCCCCCC=CCC=CCCCCC)c1. The Morgan fingerprint density at radius 2 is 0.821 bits per heavy atom. The van der Waals surface area contributed by atoms with Gasteiger partial charge in [0.25, 0.3) is 0 Å². The molecule has 56 heavy (non-hydrogen) atoms. The number of unbranched alkanes of at least 4 members (excludes halogenated alkanes) is 16. The van der Waals surface area contributed by atoms with E-state index in [0.29, 0.717) is 69.2 Å². The number of allylic oxidation sites excluding steroid dienone is 8. The molecule has 0 spiro atoms. The third-order valence-electron chi connectivity index (χ3n) is 9.34. The van der Waals surface area contributed by atoms with Gasteiger partial charge in [-0.3, -0.25) is 14.4 Å². The van der Waals surface area contributed by atoms with Crippen molar-refractivity contribution in [3.63, 3.8) is 0 Å². The number of hydrogen-bond donors (Lipinski definition) is 0. The first-order valence-electron chi connectivity index (χ1n) is 22.4. The number of carbonyl (C=O) groups is 3. The second-order valence-electron chi connectivity index (χ2n) is 14.7. The zero-order valence-electron chi connectivity index (χ0n) is 35.5. The predicted octanol–water partition coefficient (Wildman–Crippen LogP) is 13.8. The smallest absolute Gasteiger partial charge is 0.305 e. The maximum Gasteiger partial charge on any atom is 0.305 e. The molecular formula is C49H78O7. The van der Waals surface area contributed by atoms with Crippen LogP contribution in [0.1, 0.15) is 191 Å². The Labute approximate surface area is 341 Å². The Morgan fingerprint density at radius 3 is 1.21 bits per heavy atom. The summed E-state index contributed by atoms with van der Waals surface area (Å²) in [4.78, 5) is 35.7. The lowest BCUT2D eigenvalue weighted by molar-refractivity contribution is -0.144. The highest BCUT2D eigenvalue weighted by molar-refractivity contribution is 5.76. The number of hydrogen-bond acceptors (Lipinski definition) is 7. The van der Waals surface area contributed by atoms with Crippen LogP contribution in [0.15, 0.2) is 66.8 Å². The van der Waals surface area contributed by atoms with Gasteiger partial charge >= 0.3 is 11.9 Å². The summed E-state index contributed by atoms with van der Waals surface area (Å²) < 4.78 is 22.4. The highest BCUT2D eigenvalue weighted by Gasteiger charge is 2.07. The van der Waals surface area contributed by atoms with Crippen molar-refractivity contribution in [3.8, 4) is 11.5 Å². The van der Waals surface area contributed by atoms with Crippen LogP contribution >= 0.6 is 0 Å². The van der Waals surface area contributed by atoms with Crippen LogP contribution in [0.2, 0.25) is 0 Å². The lowest BCUT2D eigenvalue weighted by Gasteiger charge is -2.11. The van der Waals surface area contributed by atoms with Gasteiger partial charge in [-0.2, -0.15) is 0 Å². The molecule has 316 valence electrons. The van der Waals surface area contributed by atoms with Crippen LogP contribution in [0.3, 0.4) is 0 Å². The molecule has 1 rings (SSSR count). The van der Waals surface area contributed by atoms with Gasteiger partial charge < -0.3 is 18.9 Å². The molecule has 0 unspecified atom stereocenters. The molecule has 0 radical (unpaired) electrons. The van der Waals surface area contributed by atoms with Crippen LogP contribution in [0, 0.1) is 0 Å². The third kappa shape index (κ3) is 33.7. The normalized spacial score (nSPS) is 11.7. The van der Waals surface area contributed by atoms with E-state index in [0.717, 1.165) is 70.5 Å². The summed E-state index contributed by atoms with van der Waals surface area (Å²) in [5.74, 6) is 0.706. The van der Waals surface area contributed by atoms with Gasteiger partial charge in [0.05, 0.1) is 26.4 Å². The molecule has 0 aliphatic rings. The number of rotatable bonds is 39. The molecule has 0 aliphatic heterocycles. The Balaban J connectivity index is 2.04. The summed E-state index contributed by atoms with van der Waals surface area (Å²) >= 11 is 0. The van der Waals surface area contributed by atoms with E-state index in [-0.39, 0.29) is 11.9 Å². The quantitative estimate of drug-likeness (QED) is 0.0284. The minimum absolute atomic E-state index is 0.165. The largest absolute Gasteiger partial charge is 0.493 e. The van der Waals surface area contributed by atoms with Crippen LogP contribution < -0.4 is 9.47 Å². The Hall–Kier alpha value is -3.61. The van der Waals surface area contributed by atoms with Gasteiger partial charge in [0.15, 0.2) is 0 Å². The zero-order valence-corrected chi connectivity index (χ0v) is 35.5. The van der Waals surface area contributed by atoms with Crippen LogP contribution in [-0.2, 0) is 19.1 Å². The fraction of sp³-hybridized carbons (Fsp3) is 0.653. The first-order valence-corrected chi connectivity index (χ1v) is 22.4. The summed E-state index contributed by atoms with van der Waals surface area (Å²) in [5.41, 5.74) is 0.449. The van der Waals surface area contributed by atoms with E-state index in [4.69, 9.17) is 18.9 Å². The summed E-state index contributed by atoms with van der Waals surface area (Å²) in [6.07, 6.45) is 46.3. The molecule has 0 saturated carbocycles. The van der Waals surface area contributed by atoms with Gasteiger partial charge in [-0.1, -0.05) is 127 Å². The Morgan fingerprint density at radius 1 is 0.446 bits per heavy atom. The molecule has 0 N–H and O–H groups in total. The summed E-state index contributed by atoms with van der Waals surface area (Å²) in [7, 11) is 0. The van der Waals surface area contributed by atoms with Crippen molar-refractivity contribution in [1.29, 1.82) is 0 Å². The average molecular weight is 779 g/mol. The maximum absolute atomic E-state index is 12.1. The van der Waals surface area contributed by atoms with Gasteiger partial charge in [0.2, 0.25) is 0 Å². The second-order valence-corrected chi connectivity index (χ2v) is 14.7. The number of carbonyl (C=O) groups excluding carboxylic acids is 3. The summed E-state index contributed by atoms with van der Waals surface area (Å²) in [5, 5.41) is 0. The van der Waals surface area contributed by atoms with Crippen molar-refractivity contribution in [3.05, 3.63) is 72.4 Å². The number of aldehydes is 1. The first-order chi connectivity index (χ1) is 27.6. The summed E-state index contributed by atoms with van der Waals surface area (Å²) in [6.45, 7) is 5.76. The zero-order chi connectivity index (χ0) is 40.4. The molecule has 1 aromatic carbocycles. The lowest BCUT2D eigenvalue weighted by atomic mass is 10.1. The van der Waals surface area contributed by atoms with Crippen molar-refractivity contribution in [2.75, 3.05) is 26.4 Å². The lowest BCUT2D eigenvalue weighted by Crippen LogP contribution is -2.09. The molecule has 0 aromatic heterocycles. The minimum Gasteiger partial charge on any atom is -0.493 e. The van der Waals surface area contributed by atoms with E-state index in [2.05, 4.69) is 62.5 Å². The fourth-order valence-corrected chi connectivity index (χ4v) is 6.00. The Bertz CT molecular complexity index is 1130. The van der Waals surface area contributed by atoms with Crippen LogP contribution in [0.4, 0.5) is 0 Å². The van der Waals surface area contributed by atoms with Gasteiger partial charge in [0.1, 0.15) is 17.8 Å². The standard InChI is InChI=1S/C49H78O7/c1-3-5-7-9-11-13-15-17-19-21-23-25-27-29-31-35-48(51)55-39-33-37-53-46-41-45(44-50)42-47(43-46)54-38-34-40-56-49(52)36-32-30-28-26-24-22-20-18-16-14-12-10-8-6-4-2/h11-14,17-20,41-44H,3-10,15-16,21-40H2,1-2H3. The second kappa shape index (κ2) is 39.6. The van der Waals surface area contributed by atoms with E-state index in [1.165, 1.54) is 77.0 Å². The third-order valence-corrected chi connectivity index (χ3v) is 9.34. The van der Waals surface area contributed by atoms with E-state index in [1.807, 2.05) is 0 Å². The molecule has 7 nitrogen and oxygen atoms in total. The maximum atomic E-state index is 12.1. The van der Waals surface area contributed by atoms with Crippen molar-refractivity contribution in [1.82, 2.24) is 0 Å². The predicted molar refractivity (Wildman–Crippen MR) is 233 cm³/mol. The molecule has 0 aliphatic carbocycles. The van der Waals surface area contributed by atoms with E-state index < -0.39 is 0 Å². The van der Waals surface area contributed by atoms with Crippen molar-refractivity contribution >= 4 is 18.2 Å². The van der Waals surface area contributed by atoms with E-state index >= 15 is 0 Å². The first kappa shape index (κ1) is 50.4. The molecule has 0 heterocycles. The molecule has 7 heteroatoms. The average Bonchev–Trinajstić information content (AvgIpc) is 3.20. The van der Waals surface area contributed by atoms with Crippen LogP contribution in [0.25, 0.3) is 0 Å². The van der Waals surface area contributed by atoms with E-state index in [9.17, 15) is 14.4 Å². The molecule has 0 bridgehead atoms. The highest BCUT2D eigenvalue weighted by Crippen LogP contribution is 2.23. The Kier molecular flexibility index (Phi) is 35.7. The molecule has 0 fully saturated rings. The van der Waals surface area contributed by atoms with Crippen LogP contribution in [-0.4, -0.2) is 44.7 Å². The number of esters is 2. The van der Waals surface area contributed by atoms with Gasteiger partial charge in [-0.05, 0) is 89.2 Å². The number of benzene rings is 1. The van der Waals surface area contributed by atoms with Gasteiger partial charge in [-0.25, -0.2) is 0 Å². The highest BCUT2D eigenvalue weighted by atomic mass is 16.5. The molecule has 0 amide bonds. The molecule has 1 aromatic rings. The van der Waals surface area contributed by atoms with Gasteiger partial charge in [-0.15, -0.1) is 0 Å². The van der Waals surface area contributed by atoms with E-state index in [1.54, 1.807) is 18.2 Å². The molecule has 0 saturated heterocycles. The van der Waals surface area contributed by atoms with Crippen molar-refractivity contribution in [2.24, 2.45) is 0 Å². The monoisotopic (exact) mass is 779 g/mol. The van der Waals surface area contributed by atoms with Crippen LogP contribution in [0.5, 0.6) is 11.5 Å². The fourth-order valence-electron chi connectivity index (χ4n) is 6.00. The van der Waals surface area contributed by atoms with Gasteiger partial charge in [0, 0.05) is 37.3 Å². The molecular weight excluding hydrogens is 701 g/mol. The molecule has 0 atom stereocenters. The summed E-state index contributed by atoms with van der Waals surface area (Å²) in [6, 6.07) is 5.05. The van der Waals surface area contributed by atoms with Crippen molar-refractivity contribution in [2.45, 2.75) is 181 Å².